The van der Waals surface area contributed by atoms with Gasteiger partial charge in [-0.2, -0.15) is 10.4 Å². The summed E-state index contributed by atoms with van der Waals surface area (Å²) in [6.07, 6.45) is 3.77. The Morgan fingerprint density at radius 2 is 1.93 bits per heavy atom. The molecule has 4 rings (SSSR count). The van der Waals surface area contributed by atoms with Crippen molar-refractivity contribution in [1.82, 2.24) is 14.7 Å². The fourth-order valence-electron chi connectivity index (χ4n) is 3.85. The number of urea groups is 1. The number of anilines is 1. The lowest BCUT2D eigenvalue weighted by molar-refractivity contribution is 0.182. The van der Waals surface area contributed by atoms with Crippen LogP contribution in [0, 0.1) is 11.3 Å². The molecule has 0 fully saturated rings. The summed E-state index contributed by atoms with van der Waals surface area (Å²) in [7, 11) is 0. The maximum absolute atomic E-state index is 13.1. The van der Waals surface area contributed by atoms with Crippen molar-refractivity contribution in [2.24, 2.45) is 0 Å². The van der Waals surface area contributed by atoms with Gasteiger partial charge in [0.15, 0.2) is 5.82 Å². The van der Waals surface area contributed by atoms with Crippen molar-refractivity contribution in [3.8, 4) is 6.07 Å². The molecule has 0 aliphatic carbocycles. The van der Waals surface area contributed by atoms with E-state index in [0.717, 1.165) is 12.8 Å². The fraction of sp³-hybridized carbons (Fsp3) is 0.261. The van der Waals surface area contributed by atoms with E-state index in [-0.39, 0.29) is 12.1 Å². The number of rotatable bonds is 5. The largest absolute Gasteiger partial charge is 0.323 e. The van der Waals surface area contributed by atoms with Gasteiger partial charge in [-0.25, -0.2) is 4.79 Å². The number of nitrogens with zero attached hydrogens (tertiary/aromatic N) is 4. The highest BCUT2D eigenvalue weighted by Crippen LogP contribution is 2.32. The molecule has 0 saturated heterocycles. The molecule has 146 valence electrons. The van der Waals surface area contributed by atoms with Gasteiger partial charge in [-0.15, -0.1) is 0 Å². The van der Waals surface area contributed by atoms with Crippen LogP contribution in [-0.2, 0) is 19.4 Å². The van der Waals surface area contributed by atoms with Crippen LogP contribution in [0.2, 0.25) is 0 Å². The normalized spacial score (nSPS) is 15.4. The second-order valence-electron chi connectivity index (χ2n) is 7.15. The maximum atomic E-state index is 13.1. The van der Waals surface area contributed by atoms with Crippen LogP contribution in [0.5, 0.6) is 0 Å². The SMILES string of the molecule is N#CCCn1ccc(NC(=O)N2CCc3ccccc3C2Cc2ccccc2)n1. The summed E-state index contributed by atoms with van der Waals surface area (Å²) in [5, 5.41) is 16.0. The Balaban J connectivity index is 1.55. The van der Waals surface area contributed by atoms with Gasteiger partial charge >= 0.3 is 6.03 Å². The van der Waals surface area contributed by atoms with Gasteiger partial charge < -0.3 is 4.90 Å². The van der Waals surface area contributed by atoms with Crippen molar-refractivity contribution in [2.75, 3.05) is 11.9 Å². The summed E-state index contributed by atoms with van der Waals surface area (Å²) < 4.78 is 1.67. The number of aromatic nitrogens is 2. The Morgan fingerprint density at radius 3 is 2.76 bits per heavy atom. The predicted molar refractivity (Wildman–Crippen MR) is 111 cm³/mol. The molecule has 2 heterocycles. The van der Waals surface area contributed by atoms with Crippen LogP contribution in [0.1, 0.15) is 29.2 Å². The Morgan fingerprint density at radius 1 is 1.14 bits per heavy atom. The van der Waals surface area contributed by atoms with Crippen LogP contribution >= 0.6 is 0 Å². The Bertz CT molecular complexity index is 1020. The van der Waals surface area contributed by atoms with Crippen LogP contribution in [0.25, 0.3) is 0 Å². The summed E-state index contributed by atoms with van der Waals surface area (Å²) >= 11 is 0. The van der Waals surface area contributed by atoms with Gasteiger partial charge in [0.2, 0.25) is 0 Å². The van der Waals surface area contributed by atoms with E-state index in [1.54, 1.807) is 16.9 Å². The molecule has 1 aromatic heterocycles. The molecule has 6 nitrogen and oxygen atoms in total. The lowest BCUT2D eigenvalue weighted by Crippen LogP contribution is -2.43. The molecule has 1 atom stereocenters. The van der Waals surface area contributed by atoms with Crippen molar-refractivity contribution in [3.63, 3.8) is 0 Å². The van der Waals surface area contributed by atoms with Gasteiger partial charge in [0.05, 0.1) is 25.1 Å². The zero-order valence-electron chi connectivity index (χ0n) is 16.2. The summed E-state index contributed by atoms with van der Waals surface area (Å²) in [4.78, 5) is 15.0. The smallest absolute Gasteiger partial charge is 0.317 e. The van der Waals surface area contributed by atoms with Crippen LogP contribution in [0.4, 0.5) is 10.6 Å². The van der Waals surface area contributed by atoms with E-state index in [2.05, 4.69) is 46.8 Å². The lowest BCUT2D eigenvalue weighted by Gasteiger charge is -2.37. The van der Waals surface area contributed by atoms with Gasteiger partial charge in [0.1, 0.15) is 0 Å². The number of carbonyl (C=O) groups excluding carboxylic acids is 1. The van der Waals surface area contributed by atoms with Crippen molar-refractivity contribution in [1.29, 1.82) is 5.26 Å². The first-order valence-corrected chi connectivity index (χ1v) is 9.84. The molecule has 2 amide bonds. The molecular weight excluding hydrogens is 362 g/mol. The highest BCUT2D eigenvalue weighted by molar-refractivity contribution is 5.88. The molecule has 0 spiro atoms. The molecule has 0 saturated carbocycles. The first-order valence-electron chi connectivity index (χ1n) is 9.84. The van der Waals surface area contributed by atoms with Gasteiger partial charge in [0, 0.05) is 18.8 Å². The van der Waals surface area contributed by atoms with Crippen LogP contribution in [0.3, 0.4) is 0 Å². The third kappa shape index (κ3) is 4.30. The first-order chi connectivity index (χ1) is 14.2. The van der Waals surface area contributed by atoms with Crippen molar-refractivity contribution in [2.45, 2.75) is 31.8 Å². The average Bonchev–Trinajstić information content (AvgIpc) is 3.20. The minimum Gasteiger partial charge on any atom is -0.317 e. The first kappa shape index (κ1) is 18.8. The molecule has 1 aliphatic heterocycles. The van der Waals surface area contributed by atoms with E-state index in [0.29, 0.717) is 25.3 Å². The molecule has 6 heteroatoms. The van der Waals surface area contributed by atoms with Crippen molar-refractivity contribution in [3.05, 3.63) is 83.6 Å². The number of hydrogen-bond donors (Lipinski definition) is 1. The molecule has 2 aromatic carbocycles. The molecule has 0 radical (unpaired) electrons. The molecule has 1 N–H and O–H groups in total. The summed E-state index contributed by atoms with van der Waals surface area (Å²) in [6.45, 7) is 1.18. The number of amides is 2. The number of fused-ring (bicyclic) bond motifs is 1. The lowest BCUT2D eigenvalue weighted by atomic mass is 9.89. The maximum Gasteiger partial charge on any atom is 0.323 e. The van der Waals surface area contributed by atoms with Crippen molar-refractivity contribution >= 4 is 11.8 Å². The molecule has 1 unspecified atom stereocenters. The minimum absolute atomic E-state index is 0.0250. The predicted octanol–water partition coefficient (Wildman–Crippen LogP) is 4.17. The van der Waals surface area contributed by atoms with Crippen LogP contribution in [0.15, 0.2) is 66.9 Å². The second-order valence-corrected chi connectivity index (χ2v) is 7.15. The third-order valence-electron chi connectivity index (χ3n) is 5.27. The zero-order valence-corrected chi connectivity index (χ0v) is 16.2. The fourth-order valence-corrected chi connectivity index (χ4v) is 3.85. The molecule has 29 heavy (non-hydrogen) atoms. The average molecular weight is 385 g/mol. The second kappa shape index (κ2) is 8.61. The minimum atomic E-state index is -0.147. The number of aryl methyl sites for hydroxylation is 1. The van der Waals surface area contributed by atoms with E-state index in [9.17, 15) is 4.79 Å². The standard InChI is InChI=1S/C23H23N5O/c24-13-6-14-27-15-12-22(26-27)25-23(29)28-16-11-19-9-4-5-10-20(19)21(28)17-18-7-2-1-3-8-18/h1-5,7-10,12,15,21H,6,11,14,16-17H2,(H,25,26,29). The number of carbonyl (C=O) groups is 1. The van der Waals surface area contributed by atoms with Gasteiger partial charge in [0.25, 0.3) is 0 Å². The molecule has 3 aromatic rings. The van der Waals surface area contributed by atoms with Gasteiger partial charge in [-0.1, -0.05) is 54.6 Å². The van der Waals surface area contributed by atoms with E-state index in [4.69, 9.17) is 5.26 Å². The Labute approximate surface area is 170 Å². The van der Waals surface area contributed by atoms with E-state index in [1.165, 1.54) is 16.7 Å². The monoisotopic (exact) mass is 385 g/mol. The highest BCUT2D eigenvalue weighted by atomic mass is 16.2. The number of nitriles is 1. The topological polar surface area (TPSA) is 74.0 Å². The van der Waals surface area contributed by atoms with E-state index >= 15 is 0 Å². The summed E-state index contributed by atoms with van der Waals surface area (Å²) in [6, 6.07) is 22.3. The number of hydrogen-bond acceptors (Lipinski definition) is 3. The quantitative estimate of drug-likeness (QED) is 0.716. The van der Waals surface area contributed by atoms with Gasteiger partial charge in [-0.3, -0.25) is 10.00 Å². The summed E-state index contributed by atoms with van der Waals surface area (Å²) in [5.74, 6) is 0.505. The van der Waals surface area contributed by atoms with Gasteiger partial charge in [-0.05, 0) is 29.5 Å². The zero-order chi connectivity index (χ0) is 20.1. The number of nitrogens with one attached hydrogen (secondary N) is 1. The summed E-state index contributed by atoms with van der Waals surface area (Å²) in [5.41, 5.74) is 3.71. The Kier molecular flexibility index (Phi) is 5.57. The van der Waals surface area contributed by atoms with E-state index in [1.807, 2.05) is 29.2 Å². The molecular formula is C23H23N5O. The third-order valence-corrected chi connectivity index (χ3v) is 5.27. The van der Waals surface area contributed by atoms with E-state index < -0.39 is 0 Å². The Hall–Kier alpha value is -3.59. The van der Waals surface area contributed by atoms with Crippen LogP contribution < -0.4 is 5.32 Å². The molecule has 1 aliphatic rings. The molecule has 0 bridgehead atoms. The highest BCUT2D eigenvalue weighted by Gasteiger charge is 2.31. The van der Waals surface area contributed by atoms with Crippen molar-refractivity contribution < 1.29 is 4.79 Å². The number of benzene rings is 2. The van der Waals surface area contributed by atoms with Crippen LogP contribution in [-0.4, -0.2) is 27.3 Å².